The normalized spacial score (nSPS) is 24.5. The zero-order valence-electron chi connectivity index (χ0n) is 15.2. The molecule has 1 saturated heterocycles. The minimum Gasteiger partial charge on any atom is -0.490 e. The molecule has 0 unspecified atom stereocenters. The van der Waals surface area contributed by atoms with Gasteiger partial charge < -0.3 is 14.4 Å². The van der Waals surface area contributed by atoms with Gasteiger partial charge in [0.05, 0.1) is 17.5 Å². The highest BCUT2D eigenvalue weighted by Gasteiger charge is 2.46. The highest BCUT2D eigenvalue weighted by molar-refractivity contribution is 7.89. The number of sulfonamides is 1. The van der Waals surface area contributed by atoms with Crippen LogP contribution in [0, 0.1) is 6.92 Å². The quantitative estimate of drug-likeness (QED) is 0.828. The molecule has 0 radical (unpaired) electrons. The van der Waals surface area contributed by atoms with E-state index in [0.29, 0.717) is 11.6 Å². The Labute approximate surface area is 158 Å². The fraction of sp³-hybridized carbons (Fsp3) is 0.556. The number of rotatable bonds is 5. The molecule has 146 valence electrons. The van der Waals surface area contributed by atoms with Gasteiger partial charge in [-0.05, 0) is 56.9 Å². The number of hydrogen-bond donors (Lipinski definition) is 1. The Balaban J connectivity index is 1.48. The van der Waals surface area contributed by atoms with E-state index in [2.05, 4.69) is 10.1 Å². The molecule has 1 saturated carbocycles. The van der Waals surface area contributed by atoms with Crippen molar-refractivity contribution in [2.24, 2.45) is 0 Å². The van der Waals surface area contributed by atoms with Crippen LogP contribution in [0.4, 0.5) is 0 Å². The summed E-state index contributed by atoms with van der Waals surface area (Å²) in [4.78, 5) is 4.22. The van der Waals surface area contributed by atoms with Crippen LogP contribution in [0.5, 0.6) is 5.75 Å². The molecular formula is C18H23N3O5S. The third-order valence-corrected chi connectivity index (χ3v) is 7.06. The summed E-state index contributed by atoms with van der Waals surface area (Å²) >= 11 is 0. The first-order valence-corrected chi connectivity index (χ1v) is 10.6. The minimum absolute atomic E-state index is 0.0537. The maximum atomic E-state index is 12.9. The van der Waals surface area contributed by atoms with Crippen LogP contribution in [0.3, 0.4) is 0 Å². The predicted molar refractivity (Wildman–Crippen MR) is 95.6 cm³/mol. The van der Waals surface area contributed by atoms with Gasteiger partial charge in [0.25, 0.3) is 5.89 Å². The second-order valence-electron chi connectivity index (χ2n) is 7.26. The summed E-state index contributed by atoms with van der Waals surface area (Å²) in [6.45, 7) is 1.72. The largest absolute Gasteiger partial charge is 0.490 e. The average molecular weight is 393 g/mol. The zero-order valence-corrected chi connectivity index (χ0v) is 16.0. The molecule has 1 aromatic carbocycles. The van der Waals surface area contributed by atoms with Gasteiger partial charge in [-0.15, -0.1) is 0 Å². The summed E-state index contributed by atoms with van der Waals surface area (Å²) in [6.07, 6.45) is 4.86. The van der Waals surface area contributed by atoms with E-state index in [1.165, 1.54) is 17.1 Å². The lowest BCUT2D eigenvalue weighted by atomic mass is 10.0. The fourth-order valence-corrected chi connectivity index (χ4v) is 5.16. The second kappa shape index (κ2) is 6.88. The van der Waals surface area contributed by atoms with Gasteiger partial charge in [-0.3, -0.25) is 0 Å². The lowest BCUT2D eigenvalue weighted by Crippen LogP contribution is -2.34. The first-order valence-electron chi connectivity index (χ1n) is 9.17. The molecular weight excluding hydrogens is 370 g/mol. The minimum atomic E-state index is -3.73. The first-order chi connectivity index (χ1) is 12.9. The summed E-state index contributed by atoms with van der Waals surface area (Å²) in [5, 5.41) is 14.4. The van der Waals surface area contributed by atoms with Gasteiger partial charge in [0.15, 0.2) is 11.4 Å². The number of benzene rings is 1. The Bertz CT molecular complexity index is 905. The molecule has 0 spiro atoms. The Morgan fingerprint density at radius 1 is 1.26 bits per heavy atom. The van der Waals surface area contributed by atoms with Crippen LogP contribution in [0.15, 0.2) is 33.7 Å². The highest BCUT2D eigenvalue weighted by Crippen LogP contribution is 2.34. The van der Waals surface area contributed by atoms with Crippen molar-refractivity contribution in [1.82, 2.24) is 14.4 Å². The fourth-order valence-electron chi connectivity index (χ4n) is 3.66. The number of ether oxygens (including phenoxy) is 1. The molecule has 4 rings (SSSR count). The molecule has 27 heavy (non-hydrogen) atoms. The summed E-state index contributed by atoms with van der Waals surface area (Å²) < 4.78 is 38.0. The van der Waals surface area contributed by atoms with E-state index in [0.717, 1.165) is 12.8 Å². The molecule has 0 bridgehead atoms. The van der Waals surface area contributed by atoms with Gasteiger partial charge in [-0.25, -0.2) is 8.42 Å². The highest BCUT2D eigenvalue weighted by atomic mass is 32.2. The van der Waals surface area contributed by atoms with Crippen molar-refractivity contribution in [2.45, 2.75) is 55.6 Å². The van der Waals surface area contributed by atoms with Gasteiger partial charge in [0.2, 0.25) is 10.0 Å². The van der Waals surface area contributed by atoms with Gasteiger partial charge >= 0.3 is 0 Å². The summed E-state index contributed by atoms with van der Waals surface area (Å²) in [6, 6.07) is 6.48. The van der Waals surface area contributed by atoms with Crippen molar-refractivity contribution in [3.63, 3.8) is 0 Å². The topological polar surface area (TPSA) is 106 Å². The predicted octanol–water partition coefficient (Wildman–Crippen LogP) is 1.98. The van der Waals surface area contributed by atoms with Crippen LogP contribution in [0.2, 0.25) is 0 Å². The van der Waals surface area contributed by atoms with Crippen molar-refractivity contribution < 1.29 is 22.8 Å². The molecule has 1 atom stereocenters. The van der Waals surface area contributed by atoms with Crippen molar-refractivity contribution in [3.8, 4) is 5.75 Å². The third kappa shape index (κ3) is 3.59. The molecule has 1 aliphatic carbocycles. The summed E-state index contributed by atoms with van der Waals surface area (Å²) in [5.74, 6) is 1.13. The summed E-state index contributed by atoms with van der Waals surface area (Å²) in [5.41, 5.74) is -1.46. The molecule has 1 aromatic heterocycles. The molecule has 8 nitrogen and oxygen atoms in total. The van der Waals surface area contributed by atoms with Crippen LogP contribution >= 0.6 is 0 Å². The van der Waals surface area contributed by atoms with Crippen LogP contribution < -0.4 is 4.74 Å². The Morgan fingerprint density at radius 2 is 1.96 bits per heavy atom. The molecule has 0 amide bonds. The van der Waals surface area contributed by atoms with Crippen LogP contribution in [-0.4, -0.2) is 47.2 Å². The number of hydrogen-bond acceptors (Lipinski definition) is 7. The molecule has 2 aliphatic rings. The maximum Gasteiger partial charge on any atom is 0.260 e. The molecule has 2 aromatic rings. The van der Waals surface area contributed by atoms with E-state index in [1.807, 2.05) is 0 Å². The zero-order chi connectivity index (χ0) is 19.1. The van der Waals surface area contributed by atoms with Gasteiger partial charge in [0, 0.05) is 13.0 Å². The number of aryl methyl sites for hydroxylation is 1. The Kier molecular flexibility index (Phi) is 4.69. The van der Waals surface area contributed by atoms with Gasteiger partial charge in [0.1, 0.15) is 5.75 Å². The maximum absolute atomic E-state index is 12.9. The van der Waals surface area contributed by atoms with E-state index in [4.69, 9.17) is 9.26 Å². The van der Waals surface area contributed by atoms with E-state index >= 15 is 0 Å². The van der Waals surface area contributed by atoms with Gasteiger partial charge in [-0.2, -0.15) is 9.29 Å². The van der Waals surface area contributed by atoms with E-state index in [9.17, 15) is 13.5 Å². The molecule has 2 fully saturated rings. The Hall–Kier alpha value is -1.97. The van der Waals surface area contributed by atoms with Gasteiger partial charge in [-0.1, -0.05) is 5.16 Å². The number of aliphatic hydroxyl groups is 1. The van der Waals surface area contributed by atoms with E-state index in [-0.39, 0.29) is 36.4 Å². The van der Waals surface area contributed by atoms with Crippen LogP contribution in [0.1, 0.15) is 43.8 Å². The van der Waals surface area contributed by atoms with Crippen molar-refractivity contribution in [1.29, 1.82) is 0 Å². The first kappa shape index (κ1) is 18.4. The van der Waals surface area contributed by atoms with Crippen molar-refractivity contribution in [3.05, 3.63) is 36.0 Å². The number of nitrogens with zero attached hydrogens (tertiary/aromatic N) is 3. The van der Waals surface area contributed by atoms with Crippen molar-refractivity contribution >= 4 is 10.0 Å². The number of β-amino-alcohol motifs (C(OH)–C–C–N with tert-alkyl or cyclic N) is 1. The lowest BCUT2D eigenvalue weighted by molar-refractivity contribution is 0.0194. The monoisotopic (exact) mass is 393 g/mol. The molecule has 1 aliphatic heterocycles. The number of aromatic nitrogens is 2. The van der Waals surface area contributed by atoms with Crippen LogP contribution in [-0.2, 0) is 15.6 Å². The Morgan fingerprint density at radius 3 is 2.59 bits per heavy atom. The van der Waals surface area contributed by atoms with E-state index in [1.54, 1.807) is 31.2 Å². The summed E-state index contributed by atoms with van der Waals surface area (Å²) in [7, 11) is -3.73. The lowest BCUT2D eigenvalue weighted by Gasteiger charge is -2.20. The second-order valence-corrected chi connectivity index (χ2v) is 9.20. The molecule has 1 N–H and O–H groups in total. The van der Waals surface area contributed by atoms with Crippen molar-refractivity contribution in [2.75, 3.05) is 13.1 Å². The third-order valence-electron chi connectivity index (χ3n) is 5.20. The van der Waals surface area contributed by atoms with E-state index < -0.39 is 15.6 Å². The standard InChI is InChI=1S/C18H23N3O5S/c1-13-19-17(26-20-13)18(22)10-11-21(12-18)27(23,24)16-8-6-15(7-9-16)25-14-4-2-3-5-14/h6-9,14,22H,2-5,10-12H2,1H3/t18-/m1/s1. The van der Waals surface area contributed by atoms with Crippen LogP contribution in [0.25, 0.3) is 0 Å². The smallest absolute Gasteiger partial charge is 0.260 e. The SMILES string of the molecule is Cc1noc([C@@]2(O)CCN(S(=O)(=O)c3ccc(OC4CCCC4)cc3)C2)n1. The molecule has 9 heteroatoms. The molecule has 2 heterocycles. The average Bonchev–Trinajstić information content (AvgIpc) is 3.38.